The maximum atomic E-state index is 11.9. The average Bonchev–Trinajstić information content (AvgIpc) is 2.40. The number of nitro benzene ring substituents is 1. The van der Waals surface area contributed by atoms with Crippen molar-refractivity contribution >= 4 is 28.4 Å². The molecule has 7 heteroatoms. The van der Waals surface area contributed by atoms with Gasteiger partial charge in [0.2, 0.25) is 11.1 Å². The molecule has 0 spiro atoms. The van der Waals surface area contributed by atoms with Gasteiger partial charge in [-0.1, -0.05) is 29.8 Å². The second-order valence-corrected chi connectivity index (χ2v) is 5.02. The zero-order valence-electron chi connectivity index (χ0n) is 9.49. The molecule has 19 heavy (non-hydrogen) atoms. The maximum Gasteiger partial charge on any atom is 0.289 e. The molecular formula is C12H8ClNO4S. The number of halogens is 1. The molecule has 0 fully saturated rings. The predicted octanol–water partition coefficient (Wildman–Crippen LogP) is 3.35. The molecule has 0 N–H and O–H groups in total. The highest BCUT2D eigenvalue weighted by molar-refractivity contribution is 7.80. The first-order valence-electron chi connectivity index (χ1n) is 5.17. The van der Waals surface area contributed by atoms with Gasteiger partial charge in [-0.3, -0.25) is 10.1 Å². The van der Waals surface area contributed by atoms with Crippen LogP contribution in [0, 0.1) is 10.1 Å². The largest absolute Gasteiger partial charge is 0.397 e. The van der Waals surface area contributed by atoms with E-state index < -0.39 is 16.0 Å². The molecule has 98 valence electrons. The molecule has 0 aliphatic heterocycles. The molecule has 0 bridgehead atoms. The van der Waals surface area contributed by atoms with Gasteiger partial charge in [-0.25, -0.2) is 4.21 Å². The van der Waals surface area contributed by atoms with Crippen LogP contribution < -0.4 is 4.18 Å². The SMILES string of the molecule is O=[N+]([O-])c1cc(S(=O)Oc2ccccc2)ccc1Cl. The van der Waals surface area contributed by atoms with Crippen LogP contribution >= 0.6 is 11.6 Å². The molecule has 0 radical (unpaired) electrons. The summed E-state index contributed by atoms with van der Waals surface area (Å²) in [5, 5.41) is 10.7. The van der Waals surface area contributed by atoms with Crippen molar-refractivity contribution in [2.45, 2.75) is 4.90 Å². The lowest BCUT2D eigenvalue weighted by molar-refractivity contribution is -0.384. The van der Waals surface area contributed by atoms with Crippen molar-refractivity contribution in [3.63, 3.8) is 0 Å². The van der Waals surface area contributed by atoms with Crippen molar-refractivity contribution in [3.8, 4) is 5.75 Å². The maximum absolute atomic E-state index is 11.9. The van der Waals surface area contributed by atoms with Gasteiger partial charge >= 0.3 is 0 Å². The first kappa shape index (κ1) is 13.5. The van der Waals surface area contributed by atoms with E-state index in [0.717, 1.165) is 6.07 Å². The molecule has 2 aromatic carbocycles. The van der Waals surface area contributed by atoms with Crippen molar-refractivity contribution in [1.29, 1.82) is 0 Å². The summed E-state index contributed by atoms with van der Waals surface area (Å²) in [6, 6.07) is 12.4. The monoisotopic (exact) mass is 297 g/mol. The predicted molar refractivity (Wildman–Crippen MR) is 71.6 cm³/mol. The molecule has 0 aliphatic carbocycles. The van der Waals surface area contributed by atoms with Gasteiger partial charge in [0.25, 0.3) is 5.69 Å². The molecule has 0 heterocycles. The zero-order chi connectivity index (χ0) is 13.8. The highest BCUT2D eigenvalue weighted by Gasteiger charge is 2.16. The van der Waals surface area contributed by atoms with Gasteiger partial charge in [-0.2, -0.15) is 0 Å². The van der Waals surface area contributed by atoms with Crippen molar-refractivity contribution in [3.05, 3.63) is 63.7 Å². The standard InChI is InChI=1S/C12H8ClNO4S/c13-11-7-6-10(8-12(11)14(15)16)19(17)18-9-4-2-1-3-5-9/h1-8H. The number of rotatable bonds is 4. The summed E-state index contributed by atoms with van der Waals surface area (Å²) >= 11 is 3.84. The number of para-hydroxylation sites is 1. The van der Waals surface area contributed by atoms with Gasteiger partial charge in [0.15, 0.2) is 0 Å². The summed E-state index contributed by atoms with van der Waals surface area (Å²) in [6.07, 6.45) is 0. The van der Waals surface area contributed by atoms with Crippen LogP contribution in [0.3, 0.4) is 0 Å². The average molecular weight is 298 g/mol. The molecule has 0 saturated heterocycles. The fraction of sp³-hybridized carbons (Fsp3) is 0. The Kier molecular flexibility index (Phi) is 4.13. The van der Waals surface area contributed by atoms with Crippen molar-refractivity contribution < 1.29 is 13.3 Å². The number of nitro groups is 1. The lowest BCUT2D eigenvalue weighted by atomic mass is 10.3. The van der Waals surface area contributed by atoms with Crippen LogP contribution in [0.4, 0.5) is 5.69 Å². The molecule has 5 nitrogen and oxygen atoms in total. The lowest BCUT2D eigenvalue weighted by Gasteiger charge is -2.04. The summed E-state index contributed by atoms with van der Waals surface area (Å²) in [5.74, 6) is 0.415. The Labute approximate surface area is 116 Å². The Morgan fingerprint density at radius 3 is 2.47 bits per heavy atom. The quantitative estimate of drug-likeness (QED) is 0.641. The van der Waals surface area contributed by atoms with Crippen molar-refractivity contribution in [2.24, 2.45) is 0 Å². The van der Waals surface area contributed by atoms with Crippen LogP contribution in [0.15, 0.2) is 53.4 Å². The van der Waals surface area contributed by atoms with Gasteiger partial charge in [-0.15, -0.1) is 0 Å². The Morgan fingerprint density at radius 2 is 1.84 bits per heavy atom. The molecule has 0 saturated carbocycles. The topological polar surface area (TPSA) is 69.4 Å². The van der Waals surface area contributed by atoms with E-state index in [-0.39, 0.29) is 15.6 Å². The molecule has 1 atom stereocenters. The summed E-state index contributed by atoms with van der Waals surface area (Å²) in [5.41, 5.74) is -0.302. The molecule has 0 aliphatic rings. The Morgan fingerprint density at radius 1 is 1.16 bits per heavy atom. The molecule has 0 aromatic heterocycles. The van der Waals surface area contributed by atoms with Crippen LogP contribution in [-0.2, 0) is 11.1 Å². The fourth-order valence-electron chi connectivity index (χ4n) is 1.35. The molecular weight excluding hydrogens is 290 g/mol. The fourth-order valence-corrected chi connectivity index (χ4v) is 2.30. The Balaban J connectivity index is 2.25. The van der Waals surface area contributed by atoms with Gasteiger partial charge in [0, 0.05) is 6.07 Å². The molecule has 2 rings (SSSR count). The zero-order valence-corrected chi connectivity index (χ0v) is 11.1. The number of nitrogens with zero attached hydrogens (tertiary/aromatic N) is 1. The van der Waals surface area contributed by atoms with Crippen molar-refractivity contribution in [2.75, 3.05) is 0 Å². The third kappa shape index (κ3) is 3.30. The van der Waals surface area contributed by atoms with E-state index in [9.17, 15) is 14.3 Å². The Bertz CT molecular complexity index is 633. The van der Waals surface area contributed by atoms with Gasteiger partial charge in [-0.05, 0) is 24.3 Å². The minimum atomic E-state index is -1.83. The summed E-state index contributed by atoms with van der Waals surface area (Å²) in [4.78, 5) is 10.3. The minimum absolute atomic E-state index is 0.00883. The second-order valence-electron chi connectivity index (χ2n) is 3.50. The summed E-state index contributed by atoms with van der Waals surface area (Å²) in [6.45, 7) is 0. The molecule has 2 aromatic rings. The van der Waals surface area contributed by atoms with Crippen molar-refractivity contribution in [1.82, 2.24) is 0 Å². The van der Waals surface area contributed by atoms with Crippen LogP contribution in [0.1, 0.15) is 0 Å². The first-order chi connectivity index (χ1) is 9.08. The van der Waals surface area contributed by atoms with Gasteiger partial charge in [0.1, 0.15) is 10.8 Å². The molecule has 1 unspecified atom stereocenters. The van der Waals surface area contributed by atoms with Crippen LogP contribution in [0.25, 0.3) is 0 Å². The van der Waals surface area contributed by atoms with E-state index in [2.05, 4.69) is 0 Å². The minimum Gasteiger partial charge on any atom is -0.397 e. The van der Waals surface area contributed by atoms with Crippen LogP contribution in [0.2, 0.25) is 5.02 Å². The van der Waals surface area contributed by atoms with Crippen LogP contribution in [0.5, 0.6) is 5.75 Å². The third-order valence-electron chi connectivity index (χ3n) is 2.22. The van der Waals surface area contributed by atoms with Gasteiger partial charge < -0.3 is 4.18 Å². The Hall–Kier alpha value is -1.92. The van der Waals surface area contributed by atoms with Gasteiger partial charge in [0.05, 0.1) is 9.82 Å². The third-order valence-corrected chi connectivity index (χ3v) is 3.52. The first-order valence-corrected chi connectivity index (χ1v) is 6.62. The number of hydrogen-bond donors (Lipinski definition) is 0. The van der Waals surface area contributed by atoms with E-state index in [0.29, 0.717) is 5.75 Å². The number of benzene rings is 2. The van der Waals surface area contributed by atoms with Crippen LogP contribution in [-0.4, -0.2) is 9.13 Å². The highest BCUT2D eigenvalue weighted by Crippen LogP contribution is 2.27. The van der Waals surface area contributed by atoms with E-state index in [1.807, 2.05) is 0 Å². The second kappa shape index (κ2) is 5.81. The lowest BCUT2D eigenvalue weighted by Crippen LogP contribution is -2.02. The summed E-state index contributed by atoms with van der Waals surface area (Å²) < 4.78 is 17.1. The van der Waals surface area contributed by atoms with E-state index in [1.165, 1.54) is 12.1 Å². The highest BCUT2D eigenvalue weighted by atomic mass is 35.5. The molecule has 0 amide bonds. The van der Waals surface area contributed by atoms with E-state index >= 15 is 0 Å². The summed E-state index contributed by atoms with van der Waals surface area (Å²) in [7, 11) is 0. The normalized spacial score (nSPS) is 11.8. The van der Waals surface area contributed by atoms with E-state index in [1.54, 1.807) is 30.3 Å². The smallest absolute Gasteiger partial charge is 0.289 e. The number of hydrogen-bond acceptors (Lipinski definition) is 4. The van der Waals surface area contributed by atoms with E-state index in [4.69, 9.17) is 15.8 Å².